The molecule has 0 aliphatic heterocycles. The highest BCUT2D eigenvalue weighted by Gasteiger charge is 2.10. The van der Waals surface area contributed by atoms with Crippen molar-refractivity contribution in [3.8, 4) is 0 Å². The van der Waals surface area contributed by atoms with Gasteiger partial charge in [-0.2, -0.15) is 0 Å². The van der Waals surface area contributed by atoms with Crippen LogP contribution in [0.3, 0.4) is 0 Å². The fourth-order valence-electron chi connectivity index (χ4n) is 2.05. The lowest BCUT2D eigenvalue weighted by Gasteiger charge is -2.19. The smallest absolute Gasteiger partial charge is 0.0480 e. The quantitative estimate of drug-likeness (QED) is 0.754. The zero-order valence-electron chi connectivity index (χ0n) is 12.2. The van der Waals surface area contributed by atoms with Crippen LogP contribution in [-0.4, -0.2) is 20.3 Å². The van der Waals surface area contributed by atoms with E-state index < -0.39 is 0 Å². The molecule has 102 valence electrons. The number of benzene rings is 1. The third kappa shape index (κ3) is 4.79. The highest BCUT2D eigenvalue weighted by Crippen LogP contribution is 2.21. The third-order valence-electron chi connectivity index (χ3n) is 3.26. The molecule has 0 fully saturated rings. The van der Waals surface area contributed by atoms with Gasteiger partial charge in [0.1, 0.15) is 0 Å². The molecule has 0 radical (unpaired) electrons. The van der Waals surface area contributed by atoms with E-state index in [2.05, 4.69) is 50.4 Å². The molecule has 0 aliphatic carbocycles. The molecule has 1 N–H and O–H groups in total. The molecule has 0 spiro atoms. The lowest BCUT2D eigenvalue weighted by Crippen LogP contribution is -2.23. The normalized spacial score (nSPS) is 12.9. The zero-order valence-corrected chi connectivity index (χ0v) is 12.2. The van der Waals surface area contributed by atoms with Crippen LogP contribution < -0.4 is 5.32 Å². The molecule has 0 saturated carbocycles. The first-order valence-corrected chi connectivity index (χ1v) is 7.01. The minimum Gasteiger partial charge on any atom is -0.385 e. The maximum atomic E-state index is 5.20. The van der Waals surface area contributed by atoms with E-state index in [0.717, 1.165) is 26.0 Å². The Morgan fingerprint density at radius 2 is 1.72 bits per heavy atom. The third-order valence-corrected chi connectivity index (χ3v) is 3.26. The molecule has 0 aliphatic rings. The van der Waals surface area contributed by atoms with Gasteiger partial charge in [-0.05, 0) is 36.4 Å². The van der Waals surface area contributed by atoms with E-state index in [0.29, 0.717) is 12.0 Å². The molecular formula is C16H27NO. The van der Waals surface area contributed by atoms with Crippen molar-refractivity contribution >= 4 is 0 Å². The second-order valence-electron chi connectivity index (χ2n) is 5.11. The van der Waals surface area contributed by atoms with Crippen molar-refractivity contribution in [2.75, 3.05) is 20.3 Å². The summed E-state index contributed by atoms with van der Waals surface area (Å²) in [6.45, 7) is 8.51. The summed E-state index contributed by atoms with van der Waals surface area (Å²) in [5.41, 5.74) is 2.77. The maximum Gasteiger partial charge on any atom is 0.0480 e. The second kappa shape index (κ2) is 8.28. The van der Waals surface area contributed by atoms with Gasteiger partial charge in [0, 0.05) is 19.8 Å². The molecule has 0 heterocycles. The molecule has 2 heteroatoms. The summed E-state index contributed by atoms with van der Waals surface area (Å²) in [6.07, 6.45) is 2.19. The van der Waals surface area contributed by atoms with Crippen LogP contribution in [0, 0.1) is 0 Å². The summed E-state index contributed by atoms with van der Waals surface area (Å²) in [4.78, 5) is 0. The Kier molecular flexibility index (Phi) is 6.99. The van der Waals surface area contributed by atoms with Crippen LogP contribution in [0.5, 0.6) is 0 Å². The van der Waals surface area contributed by atoms with Crippen LogP contribution in [0.15, 0.2) is 24.3 Å². The standard InChI is InChI=1S/C16H27NO/c1-5-11-17-16(10-12-18-4)15-8-6-14(7-9-15)13(2)3/h6-9,13,16-17H,5,10-12H2,1-4H3. The minimum atomic E-state index is 0.408. The van der Waals surface area contributed by atoms with Gasteiger partial charge in [0.05, 0.1) is 0 Å². The fraction of sp³-hybridized carbons (Fsp3) is 0.625. The van der Waals surface area contributed by atoms with Gasteiger partial charge in [0.15, 0.2) is 0 Å². The Morgan fingerprint density at radius 1 is 1.11 bits per heavy atom. The zero-order chi connectivity index (χ0) is 13.4. The average Bonchev–Trinajstić information content (AvgIpc) is 2.39. The summed E-state index contributed by atoms with van der Waals surface area (Å²) in [5.74, 6) is 0.597. The summed E-state index contributed by atoms with van der Waals surface area (Å²) < 4.78 is 5.20. The molecule has 1 atom stereocenters. The molecule has 0 amide bonds. The Hall–Kier alpha value is -0.860. The van der Waals surface area contributed by atoms with E-state index in [1.54, 1.807) is 7.11 Å². The Balaban J connectivity index is 2.70. The lowest BCUT2D eigenvalue weighted by molar-refractivity contribution is 0.183. The number of nitrogens with one attached hydrogen (secondary N) is 1. The van der Waals surface area contributed by atoms with Crippen LogP contribution in [0.25, 0.3) is 0 Å². The van der Waals surface area contributed by atoms with Gasteiger partial charge in [0.25, 0.3) is 0 Å². The fourth-order valence-corrected chi connectivity index (χ4v) is 2.05. The van der Waals surface area contributed by atoms with Gasteiger partial charge in [-0.3, -0.25) is 0 Å². The molecule has 0 aromatic heterocycles. The molecule has 1 unspecified atom stereocenters. The van der Waals surface area contributed by atoms with Crippen molar-refractivity contribution in [3.63, 3.8) is 0 Å². The van der Waals surface area contributed by atoms with Gasteiger partial charge >= 0.3 is 0 Å². The molecule has 1 aromatic rings. The van der Waals surface area contributed by atoms with Crippen LogP contribution in [-0.2, 0) is 4.74 Å². The number of rotatable bonds is 8. The first-order chi connectivity index (χ1) is 8.69. The monoisotopic (exact) mass is 249 g/mol. The molecule has 0 bridgehead atoms. The predicted octanol–water partition coefficient (Wildman–Crippen LogP) is 3.89. The topological polar surface area (TPSA) is 21.3 Å². The van der Waals surface area contributed by atoms with Crippen LogP contribution in [0.2, 0.25) is 0 Å². The Morgan fingerprint density at radius 3 is 2.22 bits per heavy atom. The van der Waals surface area contributed by atoms with Gasteiger partial charge < -0.3 is 10.1 Å². The van der Waals surface area contributed by atoms with Crippen molar-refractivity contribution in [3.05, 3.63) is 35.4 Å². The second-order valence-corrected chi connectivity index (χ2v) is 5.11. The summed E-state index contributed by atoms with van der Waals surface area (Å²) >= 11 is 0. The van der Waals surface area contributed by atoms with Gasteiger partial charge in [-0.15, -0.1) is 0 Å². The average molecular weight is 249 g/mol. The SMILES string of the molecule is CCCNC(CCOC)c1ccc(C(C)C)cc1. The minimum absolute atomic E-state index is 0.408. The van der Waals surface area contributed by atoms with E-state index in [9.17, 15) is 0 Å². The van der Waals surface area contributed by atoms with Crippen molar-refractivity contribution in [2.45, 2.75) is 45.6 Å². The van der Waals surface area contributed by atoms with Gasteiger partial charge in [0.2, 0.25) is 0 Å². The first-order valence-electron chi connectivity index (χ1n) is 7.01. The molecular weight excluding hydrogens is 222 g/mol. The van der Waals surface area contributed by atoms with Crippen molar-refractivity contribution in [1.29, 1.82) is 0 Å². The van der Waals surface area contributed by atoms with E-state index in [4.69, 9.17) is 4.74 Å². The summed E-state index contributed by atoms with van der Waals surface area (Å²) in [6, 6.07) is 9.39. The van der Waals surface area contributed by atoms with Crippen molar-refractivity contribution in [2.24, 2.45) is 0 Å². The van der Waals surface area contributed by atoms with Crippen molar-refractivity contribution < 1.29 is 4.74 Å². The number of hydrogen-bond donors (Lipinski definition) is 1. The summed E-state index contributed by atoms with van der Waals surface area (Å²) in [7, 11) is 1.76. The van der Waals surface area contributed by atoms with Gasteiger partial charge in [-0.25, -0.2) is 0 Å². The van der Waals surface area contributed by atoms with E-state index in [-0.39, 0.29) is 0 Å². The molecule has 1 rings (SSSR count). The van der Waals surface area contributed by atoms with Crippen molar-refractivity contribution in [1.82, 2.24) is 5.32 Å². The van der Waals surface area contributed by atoms with Crippen LogP contribution >= 0.6 is 0 Å². The van der Waals surface area contributed by atoms with Crippen LogP contribution in [0.1, 0.15) is 56.7 Å². The molecule has 2 nitrogen and oxygen atoms in total. The van der Waals surface area contributed by atoms with E-state index >= 15 is 0 Å². The Labute approximate surface area is 112 Å². The maximum absolute atomic E-state index is 5.20. The van der Waals surface area contributed by atoms with E-state index in [1.165, 1.54) is 11.1 Å². The number of hydrogen-bond acceptors (Lipinski definition) is 2. The highest BCUT2D eigenvalue weighted by atomic mass is 16.5. The number of ether oxygens (including phenoxy) is 1. The lowest BCUT2D eigenvalue weighted by atomic mass is 9.98. The number of methoxy groups -OCH3 is 1. The van der Waals surface area contributed by atoms with Gasteiger partial charge in [-0.1, -0.05) is 45.0 Å². The molecule has 1 aromatic carbocycles. The first kappa shape index (κ1) is 15.2. The van der Waals surface area contributed by atoms with Crippen LogP contribution in [0.4, 0.5) is 0 Å². The Bertz CT molecular complexity index is 310. The van der Waals surface area contributed by atoms with E-state index in [1.807, 2.05) is 0 Å². The molecule has 0 saturated heterocycles. The molecule has 18 heavy (non-hydrogen) atoms. The predicted molar refractivity (Wildman–Crippen MR) is 78.1 cm³/mol. The largest absolute Gasteiger partial charge is 0.385 e. The highest BCUT2D eigenvalue weighted by molar-refractivity contribution is 5.26. The summed E-state index contributed by atoms with van der Waals surface area (Å²) in [5, 5.41) is 3.59.